The highest BCUT2D eigenvalue weighted by Crippen LogP contribution is 2.27. The first kappa shape index (κ1) is 18.1. The van der Waals surface area contributed by atoms with E-state index in [9.17, 15) is 8.42 Å². The Kier molecular flexibility index (Phi) is 5.58. The van der Waals surface area contributed by atoms with Gasteiger partial charge < -0.3 is 5.73 Å². The van der Waals surface area contributed by atoms with Gasteiger partial charge in [0.15, 0.2) is 0 Å². The van der Waals surface area contributed by atoms with Gasteiger partial charge in [-0.15, -0.1) is 0 Å². The molecule has 0 spiro atoms. The lowest BCUT2D eigenvalue weighted by Gasteiger charge is -2.33. The highest BCUT2D eigenvalue weighted by atomic mass is 32.2. The SMILES string of the molecule is CC(C)(C)CC(C)(C)NS(=O)(=O)Cc1ccccc1CN. The van der Waals surface area contributed by atoms with Crippen molar-refractivity contribution in [1.29, 1.82) is 0 Å². The second-order valence-electron chi connectivity index (χ2n) is 7.46. The summed E-state index contributed by atoms with van der Waals surface area (Å²) in [6.07, 6.45) is 0.762. The second kappa shape index (κ2) is 6.46. The smallest absolute Gasteiger partial charge is 0.216 e. The number of nitrogens with two attached hydrogens (primary N) is 1. The molecule has 21 heavy (non-hydrogen) atoms. The molecule has 120 valence electrons. The Morgan fingerprint density at radius 3 is 2.05 bits per heavy atom. The quantitative estimate of drug-likeness (QED) is 0.848. The first-order chi connectivity index (χ1) is 9.44. The fourth-order valence-electron chi connectivity index (χ4n) is 2.92. The van der Waals surface area contributed by atoms with E-state index in [-0.39, 0.29) is 11.2 Å². The summed E-state index contributed by atoms with van der Waals surface area (Å²) in [5, 5.41) is 0. The molecule has 0 aliphatic heterocycles. The van der Waals surface area contributed by atoms with Gasteiger partial charge in [-0.25, -0.2) is 13.1 Å². The van der Waals surface area contributed by atoms with E-state index in [1.54, 1.807) is 0 Å². The first-order valence-corrected chi connectivity index (χ1v) is 8.88. The van der Waals surface area contributed by atoms with E-state index < -0.39 is 15.6 Å². The minimum Gasteiger partial charge on any atom is -0.326 e. The third-order valence-corrected chi connectivity index (χ3v) is 4.64. The molecule has 0 saturated heterocycles. The molecule has 0 aromatic heterocycles. The summed E-state index contributed by atoms with van der Waals surface area (Å²) in [7, 11) is -3.40. The van der Waals surface area contributed by atoms with E-state index in [0.29, 0.717) is 6.54 Å². The van der Waals surface area contributed by atoms with Crippen molar-refractivity contribution < 1.29 is 8.42 Å². The van der Waals surface area contributed by atoms with Gasteiger partial charge >= 0.3 is 0 Å². The zero-order valence-corrected chi connectivity index (χ0v) is 14.5. The van der Waals surface area contributed by atoms with Gasteiger partial charge in [0, 0.05) is 12.1 Å². The summed E-state index contributed by atoms with van der Waals surface area (Å²) in [6.45, 7) is 10.5. The molecule has 1 rings (SSSR count). The van der Waals surface area contributed by atoms with Crippen molar-refractivity contribution in [2.45, 2.75) is 58.9 Å². The maximum Gasteiger partial charge on any atom is 0.216 e. The Bertz CT molecular complexity index is 572. The molecule has 0 aliphatic rings. The van der Waals surface area contributed by atoms with E-state index in [4.69, 9.17) is 5.73 Å². The summed E-state index contributed by atoms with van der Waals surface area (Å²) in [4.78, 5) is 0. The molecule has 1 aromatic carbocycles. The van der Waals surface area contributed by atoms with Gasteiger partial charge in [0.1, 0.15) is 0 Å². The maximum absolute atomic E-state index is 12.4. The van der Waals surface area contributed by atoms with Crippen LogP contribution in [0.3, 0.4) is 0 Å². The van der Waals surface area contributed by atoms with E-state index >= 15 is 0 Å². The van der Waals surface area contributed by atoms with Crippen LogP contribution in [0.4, 0.5) is 0 Å². The van der Waals surface area contributed by atoms with Crippen molar-refractivity contribution in [2.75, 3.05) is 0 Å². The number of hydrogen-bond donors (Lipinski definition) is 2. The molecule has 4 nitrogen and oxygen atoms in total. The van der Waals surface area contributed by atoms with Crippen LogP contribution in [-0.4, -0.2) is 14.0 Å². The number of benzene rings is 1. The van der Waals surface area contributed by atoms with Gasteiger partial charge in [0.05, 0.1) is 5.75 Å². The van der Waals surface area contributed by atoms with Gasteiger partial charge in [-0.05, 0) is 36.8 Å². The van der Waals surface area contributed by atoms with Gasteiger partial charge in [0.25, 0.3) is 0 Å². The molecular formula is C16H28N2O2S. The number of rotatable bonds is 6. The normalized spacial score (nSPS) is 13.4. The highest BCUT2D eigenvalue weighted by molar-refractivity contribution is 7.88. The Hall–Kier alpha value is -0.910. The molecule has 5 heteroatoms. The Labute approximate surface area is 129 Å². The largest absolute Gasteiger partial charge is 0.326 e. The monoisotopic (exact) mass is 312 g/mol. The van der Waals surface area contributed by atoms with Crippen LogP contribution in [0.25, 0.3) is 0 Å². The van der Waals surface area contributed by atoms with Crippen LogP contribution < -0.4 is 10.5 Å². The van der Waals surface area contributed by atoms with Crippen molar-refractivity contribution >= 4 is 10.0 Å². The van der Waals surface area contributed by atoms with E-state index in [1.165, 1.54) is 0 Å². The number of nitrogens with one attached hydrogen (secondary N) is 1. The van der Waals surface area contributed by atoms with Crippen molar-refractivity contribution in [1.82, 2.24) is 4.72 Å². The average Bonchev–Trinajstić information content (AvgIpc) is 2.23. The maximum atomic E-state index is 12.4. The number of hydrogen-bond acceptors (Lipinski definition) is 3. The minimum atomic E-state index is -3.40. The third kappa shape index (κ3) is 6.59. The third-order valence-electron chi connectivity index (χ3n) is 3.09. The molecular weight excluding hydrogens is 284 g/mol. The summed E-state index contributed by atoms with van der Waals surface area (Å²) in [5.74, 6) is -0.0338. The Balaban J connectivity index is 2.87. The summed E-state index contributed by atoms with van der Waals surface area (Å²) >= 11 is 0. The number of sulfonamides is 1. The molecule has 0 aliphatic carbocycles. The predicted molar refractivity (Wildman–Crippen MR) is 88.2 cm³/mol. The molecule has 0 amide bonds. The van der Waals surface area contributed by atoms with Gasteiger partial charge in [0.2, 0.25) is 10.0 Å². The summed E-state index contributed by atoms with van der Waals surface area (Å²) < 4.78 is 27.7. The van der Waals surface area contributed by atoms with Crippen LogP contribution >= 0.6 is 0 Å². The zero-order chi connectivity index (χ0) is 16.3. The minimum absolute atomic E-state index is 0.0338. The van der Waals surface area contributed by atoms with Crippen LogP contribution in [0, 0.1) is 5.41 Å². The van der Waals surface area contributed by atoms with Gasteiger partial charge in [-0.3, -0.25) is 0 Å². The Morgan fingerprint density at radius 1 is 1.05 bits per heavy atom. The molecule has 0 heterocycles. The lowest BCUT2D eigenvalue weighted by atomic mass is 9.82. The van der Waals surface area contributed by atoms with Crippen molar-refractivity contribution in [3.05, 3.63) is 35.4 Å². The fourth-order valence-corrected chi connectivity index (χ4v) is 4.60. The first-order valence-electron chi connectivity index (χ1n) is 7.23. The fraction of sp³-hybridized carbons (Fsp3) is 0.625. The highest BCUT2D eigenvalue weighted by Gasteiger charge is 2.30. The van der Waals surface area contributed by atoms with Crippen LogP contribution in [0.1, 0.15) is 52.2 Å². The lowest BCUT2D eigenvalue weighted by Crippen LogP contribution is -2.46. The van der Waals surface area contributed by atoms with Crippen LogP contribution in [0.15, 0.2) is 24.3 Å². The predicted octanol–water partition coefficient (Wildman–Crippen LogP) is 2.78. The summed E-state index contributed by atoms with van der Waals surface area (Å²) in [5.41, 5.74) is 6.88. The summed E-state index contributed by atoms with van der Waals surface area (Å²) in [6, 6.07) is 7.39. The molecule has 3 N–H and O–H groups in total. The van der Waals surface area contributed by atoms with Crippen LogP contribution in [0.5, 0.6) is 0 Å². The molecule has 0 unspecified atom stereocenters. The van der Waals surface area contributed by atoms with Crippen molar-refractivity contribution in [3.8, 4) is 0 Å². The molecule has 0 saturated carbocycles. The van der Waals surface area contributed by atoms with Crippen molar-refractivity contribution in [3.63, 3.8) is 0 Å². The Morgan fingerprint density at radius 2 is 1.57 bits per heavy atom. The second-order valence-corrected chi connectivity index (χ2v) is 9.18. The van der Waals surface area contributed by atoms with E-state index in [1.807, 2.05) is 38.1 Å². The topological polar surface area (TPSA) is 72.2 Å². The van der Waals surface area contributed by atoms with Crippen LogP contribution in [0.2, 0.25) is 0 Å². The van der Waals surface area contributed by atoms with Crippen LogP contribution in [-0.2, 0) is 22.3 Å². The van der Waals surface area contributed by atoms with Crippen molar-refractivity contribution in [2.24, 2.45) is 11.1 Å². The molecule has 0 atom stereocenters. The molecule has 0 fully saturated rings. The zero-order valence-electron chi connectivity index (χ0n) is 13.7. The average molecular weight is 312 g/mol. The molecule has 0 radical (unpaired) electrons. The molecule has 1 aromatic rings. The lowest BCUT2D eigenvalue weighted by molar-refractivity contribution is 0.269. The van der Waals surface area contributed by atoms with Gasteiger partial charge in [-0.1, -0.05) is 45.0 Å². The van der Waals surface area contributed by atoms with E-state index in [0.717, 1.165) is 17.5 Å². The standard InChI is InChI=1S/C16H28N2O2S/c1-15(2,3)12-16(4,5)18-21(19,20)11-14-9-7-6-8-13(14)10-17/h6-9,18H,10-12,17H2,1-5H3. The van der Waals surface area contributed by atoms with E-state index in [2.05, 4.69) is 25.5 Å². The molecule has 0 bridgehead atoms. The van der Waals surface area contributed by atoms with Gasteiger partial charge in [-0.2, -0.15) is 0 Å².